The second-order valence-electron chi connectivity index (χ2n) is 2.66. The molecule has 0 unspecified atom stereocenters. The van der Waals surface area contributed by atoms with Crippen LogP contribution in [0.1, 0.15) is 0 Å². The number of para-hydroxylation sites is 1. The van der Waals surface area contributed by atoms with Gasteiger partial charge < -0.3 is 4.74 Å². The van der Waals surface area contributed by atoms with E-state index in [0.717, 1.165) is 10.9 Å². The number of hydrogen-bond acceptors (Lipinski definition) is 2. The maximum absolute atomic E-state index is 6.08. The lowest BCUT2D eigenvalue weighted by molar-refractivity contribution is 0.414. The number of halogens is 1. The summed E-state index contributed by atoms with van der Waals surface area (Å²) in [6.07, 6.45) is 1.63. The van der Waals surface area contributed by atoms with Crippen LogP contribution in [-0.4, -0.2) is 12.1 Å². The molecule has 0 spiro atoms. The Morgan fingerprint density at radius 2 is 2.08 bits per heavy atom. The summed E-state index contributed by atoms with van der Waals surface area (Å²) in [5.74, 6) is 0.611. The zero-order valence-electron chi connectivity index (χ0n) is 7.12. The van der Waals surface area contributed by atoms with Gasteiger partial charge in [0.1, 0.15) is 0 Å². The summed E-state index contributed by atoms with van der Waals surface area (Å²) in [6.45, 7) is 0. The van der Waals surface area contributed by atoms with Crippen LogP contribution >= 0.6 is 11.6 Å². The maximum atomic E-state index is 6.08. The van der Waals surface area contributed by atoms with Gasteiger partial charge in [0.15, 0.2) is 5.75 Å². The van der Waals surface area contributed by atoms with Crippen molar-refractivity contribution >= 4 is 22.5 Å². The number of rotatable bonds is 1. The molecule has 0 aliphatic heterocycles. The number of aromatic nitrogens is 1. The Labute approximate surface area is 81.1 Å². The molecule has 2 aromatic rings. The van der Waals surface area contributed by atoms with E-state index >= 15 is 0 Å². The van der Waals surface area contributed by atoms with Crippen LogP contribution in [0.3, 0.4) is 0 Å². The summed E-state index contributed by atoms with van der Waals surface area (Å²) < 4.78 is 5.06. The number of methoxy groups -OCH3 is 1. The van der Waals surface area contributed by atoms with Gasteiger partial charge >= 0.3 is 0 Å². The number of pyridine rings is 1. The number of benzene rings is 1. The average Bonchev–Trinajstić information content (AvgIpc) is 2.19. The summed E-state index contributed by atoms with van der Waals surface area (Å²) in [5.41, 5.74) is 0.883. The van der Waals surface area contributed by atoms with E-state index in [1.54, 1.807) is 13.3 Å². The van der Waals surface area contributed by atoms with Crippen LogP contribution in [0.5, 0.6) is 5.75 Å². The summed E-state index contributed by atoms with van der Waals surface area (Å²) in [7, 11) is 1.58. The molecule has 0 aliphatic rings. The highest BCUT2D eigenvalue weighted by Crippen LogP contribution is 2.30. The van der Waals surface area contributed by atoms with Crippen molar-refractivity contribution in [2.45, 2.75) is 0 Å². The van der Waals surface area contributed by atoms with Gasteiger partial charge in [0.25, 0.3) is 0 Å². The van der Waals surface area contributed by atoms with E-state index in [1.807, 2.05) is 24.3 Å². The monoisotopic (exact) mass is 193 g/mol. The van der Waals surface area contributed by atoms with Crippen LogP contribution in [0, 0.1) is 0 Å². The maximum Gasteiger partial charge on any atom is 0.156 e. The number of fused-ring (bicyclic) bond motifs is 1. The summed E-state index contributed by atoms with van der Waals surface area (Å²) in [6, 6.07) is 7.70. The molecule has 1 aromatic carbocycles. The predicted octanol–water partition coefficient (Wildman–Crippen LogP) is 2.90. The Bertz CT molecular complexity index is 442. The van der Waals surface area contributed by atoms with Crippen molar-refractivity contribution in [3.05, 3.63) is 35.5 Å². The first kappa shape index (κ1) is 8.32. The lowest BCUT2D eigenvalue weighted by atomic mass is 10.2. The van der Waals surface area contributed by atoms with Crippen LogP contribution in [0.15, 0.2) is 30.5 Å². The Hall–Kier alpha value is -1.28. The van der Waals surface area contributed by atoms with Crippen molar-refractivity contribution in [2.24, 2.45) is 0 Å². The van der Waals surface area contributed by atoms with E-state index in [4.69, 9.17) is 16.3 Å². The number of hydrogen-bond donors (Lipinski definition) is 0. The molecule has 0 saturated heterocycles. The largest absolute Gasteiger partial charge is 0.494 e. The van der Waals surface area contributed by atoms with Crippen molar-refractivity contribution in [2.75, 3.05) is 7.11 Å². The molecule has 2 rings (SSSR count). The first-order valence-corrected chi connectivity index (χ1v) is 4.28. The van der Waals surface area contributed by atoms with Crippen LogP contribution in [0.25, 0.3) is 10.9 Å². The fourth-order valence-electron chi connectivity index (χ4n) is 1.23. The molecule has 0 N–H and O–H groups in total. The molecular weight excluding hydrogens is 186 g/mol. The third-order valence-corrected chi connectivity index (χ3v) is 2.29. The van der Waals surface area contributed by atoms with Gasteiger partial charge in [0.2, 0.25) is 0 Å². The molecule has 66 valence electrons. The Morgan fingerprint density at radius 3 is 2.85 bits per heavy atom. The Balaban J connectivity index is 2.79. The van der Waals surface area contributed by atoms with Crippen LogP contribution in [0.2, 0.25) is 5.02 Å². The zero-order valence-corrected chi connectivity index (χ0v) is 7.88. The number of ether oxygens (including phenoxy) is 1. The van der Waals surface area contributed by atoms with E-state index in [9.17, 15) is 0 Å². The SMILES string of the molecule is COc1cnc2ccccc2c1Cl. The van der Waals surface area contributed by atoms with Gasteiger partial charge in [-0.2, -0.15) is 0 Å². The van der Waals surface area contributed by atoms with E-state index in [1.165, 1.54) is 0 Å². The van der Waals surface area contributed by atoms with Crippen molar-refractivity contribution in [1.82, 2.24) is 4.98 Å². The quantitative estimate of drug-likeness (QED) is 0.695. The van der Waals surface area contributed by atoms with Gasteiger partial charge in [-0.3, -0.25) is 4.98 Å². The molecule has 0 saturated carbocycles. The fourth-order valence-corrected chi connectivity index (χ4v) is 1.52. The van der Waals surface area contributed by atoms with Crippen molar-refractivity contribution in [1.29, 1.82) is 0 Å². The van der Waals surface area contributed by atoms with Gasteiger partial charge in [0, 0.05) is 5.39 Å². The second-order valence-corrected chi connectivity index (χ2v) is 3.04. The minimum absolute atomic E-state index is 0.611. The summed E-state index contributed by atoms with van der Waals surface area (Å²) in [5, 5.41) is 1.54. The van der Waals surface area contributed by atoms with Crippen LogP contribution in [-0.2, 0) is 0 Å². The minimum Gasteiger partial charge on any atom is -0.494 e. The van der Waals surface area contributed by atoms with Gasteiger partial charge in [-0.25, -0.2) is 0 Å². The minimum atomic E-state index is 0.611. The topological polar surface area (TPSA) is 22.1 Å². The van der Waals surface area contributed by atoms with Crippen LogP contribution in [0.4, 0.5) is 0 Å². The Morgan fingerprint density at radius 1 is 1.31 bits per heavy atom. The zero-order chi connectivity index (χ0) is 9.26. The van der Waals surface area contributed by atoms with Crippen LogP contribution < -0.4 is 4.74 Å². The predicted molar refractivity (Wildman–Crippen MR) is 53.3 cm³/mol. The molecule has 0 radical (unpaired) electrons. The fraction of sp³-hybridized carbons (Fsp3) is 0.100. The smallest absolute Gasteiger partial charge is 0.156 e. The van der Waals surface area contributed by atoms with Gasteiger partial charge in [0.05, 0.1) is 23.8 Å². The van der Waals surface area contributed by atoms with E-state index in [2.05, 4.69) is 4.98 Å². The molecule has 1 aromatic heterocycles. The normalized spacial score (nSPS) is 10.3. The molecular formula is C10H8ClNO. The molecule has 0 aliphatic carbocycles. The standard InChI is InChI=1S/C10H8ClNO/c1-13-9-6-12-8-5-3-2-4-7(8)10(9)11/h2-6H,1H3. The summed E-state index contributed by atoms with van der Waals surface area (Å²) in [4.78, 5) is 4.20. The van der Waals surface area contributed by atoms with Crippen molar-refractivity contribution in [3.63, 3.8) is 0 Å². The first-order chi connectivity index (χ1) is 6.33. The average molecular weight is 194 g/mol. The molecule has 0 bridgehead atoms. The third kappa shape index (κ3) is 1.33. The lowest BCUT2D eigenvalue weighted by Gasteiger charge is -2.04. The highest BCUT2D eigenvalue weighted by Gasteiger charge is 2.05. The molecule has 13 heavy (non-hydrogen) atoms. The highest BCUT2D eigenvalue weighted by atomic mass is 35.5. The van der Waals surface area contributed by atoms with Crippen molar-refractivity contribution in [3.8, 4) is 5.75 Å². The third-order valence-electron chi connectivity index (χ3n) is 1.90. The lowest BCUT2D eigenvalue weighted by Crippen LogP contribution is -1.87. The molecule has 0 amide bonds. The Kier molecular flexibility index (Phi) is 2.07. The molecule has 2 nitrogen and oxygen atoms in total. The molecule has 1 heterocycles. The van der Waals surface area contributed by atoms with E-state index in [-0.39, 0.29) is 0 Å². The summed E-state index contributed by atoms with van der Waals surface area (Å²) >= 11 is 6.08. The first-order valence-electron chi connectivity index (χ1n) is 3.90. The van der Waals surface area contributed by atoms with E-state index in [0.29, 0.717) is 10.8 Å². The molecule has 3 heteroatoms. The molecule has 0 fully saturated rings. The van der Waals surface area contributed by atoms with E-state index < -0.39 is 0 Å². The van der Waals surface area contributed by atoms with Crippen molar-refractivity contribution < 1.29 is 4.74 Å². The second kappa shape index (κ2) is 3.23. The molecule has 0 atom stereocenters. The van der Waals surface area contributed by atoms with Gasteiger partial charge in [-0.1, -0.05) is 29.8 Å². The number of nitrogens with zero attached hydrogens (tertiary/aromatic N) is 1. The van der Waals surface area contributed by atoms with Gasteiger partial charge in [-0.15, -0.1) is 0 Å². The van der Waals surface area contributed by atoms with Gasteiger partial charge in [-0.05, 0) is 6.07 Å². The highest BCUT2D eigenvalue weighted by molar-refractivity contribution is 6.36.